The fourth-order valence-electron chi connectivity index (χ4n) is 2.20. The number of anilines is 2. The number of nitrogens with one attached hydrogen (secondary N) is 1. The minimum Gasteiger partial charge on any atom is -0.332 e. The number of nitrogens with zero attached hydrogens (tertiary/aromatic N) is 1. The smallest absolute Gasteiger partial charge is 0.332 e. The molecule has 0 heterocycles. The quantitative estimate of drug-likeness (QED) is 0.763. The lowest BCUT2D eigenvalue weighted by Crippen LogP contribution is -2.40. The molecule has 0 aliphatic carbocycles. The first kappa shape index (κ1) is 17.3. The maximum Gasteiger partial charge on any atom is 0.416 e. The molecule has 23 heavy (non-hydrogen) atoms. The van der Waals surface area contributed by atoms with E-state index in [2.05, 4.69) is 5.32 Å². The Labute approximate surface area is 138 Å². The van der Waals surface area contributed by atoms with Gasteiger partial charge in [-0.1, -0.05) is 24.3 Å². The van der Waals surface area contributed by atoms with Crippen molar-refractivity contribution in [2.75, 3.05) is 10.2 Å². The third-order valence-electron chi connectivity index (χ3n) is 3.21. The van der Waals surface area contributed by atoms with E-state index < -0.39 is 11.7 Å². The van der Waals surface area contributed by atoms with Gasteiger partial charge in [0.05, 0.1) is 5.56 Å². The molecule has 0 fully saturated rings. The number of thiocarbonyl (C=S) groups is 1. The summed E-state index contributed by atoms with van der Waals surface area (Å²) in [7, 11) is 0. The molecule has 0 atom stereocenters. The highest BCUT2D eigenvalue weighted by atomic mass is 32.1. The van der Waals surface area contributed by atoms with Crippen LogP contribution in [0.1, 0.15) is 19.4 Å². The van der Waals surface area contributed by atoms with Crippen LogP contribution in [-0.4, -0.2) is 11.2 Å². The summed E-state index contributed by atoms with van der Waals surface area (Å²) >= 11 is 5.39. The van der Waals surface area contributed by atoms with Crippen molar-refractivity contribution in [2.45, 2.75) is 26.1 Å². The van der Waals surface area contributed by atoms with E-state index in [1.165, 1.54) is 6.07 Å². The van der Waals surface area contributed by atoms with E-state index in [9.17, 15) is 13.2 Å². The second-order valence-electron chi connectivity index (χ2n) is 5.31. The van der Waals surface area contributed by atoms with Gasteiger partial charge in [0.1, 0.15) is 0 Å². The molecule has 0 aliphatic heterocycles. The molecule has 0 saturated heterocycles. The monoisotopic (exact) mass is 338 g/mol. The van der Waals surface area contributed by atoms with Gasteiger partial charge in [-0.2, -0.15) is 13.2 Å². The van der Waals surface area contributed by atoms with Crippen LogP contribution in [0.5, 0.6) is 0 Å². The number of hydrogen-bond acceptors (Lipinski definition) is 1. The number of rotatable bonds is 3. The van der Waals surface area contributed by atoms with Crippen molar-refractivity contribution in [1.29, 1.82) is 0 Å². The van der Waals surface area contributed by atoms with Crippen LogP contribution in [0.2, 0.25) is 0 Å². The van der Waals surface area contributed by atoms with Gasteiger partial charge in [-0.15, -0.1) is 0 Å². The zero-order valence-corrected chi connectivity index (χ0v) is 13.6. The number of hydrogen-bond donors (Lipinski definition) is 1. The Balaban J connectivity index is 2.23. The molecule has 0 aromatic heterocycles. The predicted molar refractivity (Wildman–Crippen MR) is 91.7 cm³/mol. The van der Waals surface area contributed by atoms with Crippen molar-refractivity contribution in [3.8, 4) is 0 Å². The molecule has 2 aromatic rings. The van der Waals surface area contributed by atoms with E-state index >= 15 is 0 Å². The lowest BCUT2D eigenvalue weighted by molar-refractivity contribution is -0.137. The normalized spacial score (nSPS) is 11.4. The highest BCUT2D eigenvalue weighted by molar-refractivity contribution is 7.80. The van der Waals surface area contributed by atoms with Crippen molar-refractivity contribution in [1.82, 2.24) is 0 Å². The summed E-state index contributed by atoms with van der Waals surface area (Å²) in [4.78, 5) is 1.86. The van der Waals surface area contributed by atoms with Crippen LogP contribution in [0.15, 0.2) is 54.6 Å². The Kier molecular flexibility index (Phi) is 5.26. The number of alkyl halides is 3. The summed E-state index contributed by atoms with van der Waals surface area (Å²) in [5.41, 5.74) is 0.486. The fourth-order valence-corrected chi connectivity index (χ4v) is 2.63. The summed E-state index contributed by atoms with van der Waals surface area (Å²) < 4.78 is 38.4. The van der Waals surface area contributed by atoms with Crippen LogP contribution in [0.3, 0.4) is 0 Å². The van der Waals surface area contributed by atoms with E-state index in [1.807, 2.05) is 49.1 Å². The van der Waals surface area contributed by atoms with Crippen molar-refractivity contribution in [2.24, 2.45) is 0 Å². The van der Waals surface area contributed by atoms with Gasteiger partial charge < -0.3 is 10.2 Å². The molecule has 0 spiro atoms. The van der Waals surface area contributed by atoms with Crippen LogP contribution in [0.25, 0.3) is 0 Å². The molecule has 0 unspecified atom stereocenters. The zero-order chi connectivity index (χ0) is 17.0. The maximum absolute atomic E-state index is 12.8. The molecule has 1 N–H and O–H groups in total. The Morgan fingerprint density at radius 3 is 2.26 bits per heavy atom. The molecule has 0 aliphatic rings. The topological polar surface area (TPSA) is 15.3 Å². The minimum absolute atomic E-state index is 0.0585. The first-order chi connectivity index (χ1) is 10.8. The summed E-state index contributed by atoms with van der Waals surface area (Å²) in [6.45, 7) is 3.93. The van der Waals surface area contributed by atoms with E-state index in [0.29, 0.717) is 10.8 Å². The number of halogens is 3. The zero-order valence-electron chi connectivity index (χ0n) is 12.8. The summed E-state index contributed by atoms with van der Waals surface area (Å²) in [6.07, 6.45) is -4.38. The molecule has 122 valence electrons. The fraction of sp³-hybridized carbons (Fsp3) is 0.235. The number of para-hydroxylation sites is 1. The molecule has 2 rings (SSSR count). The molecule has 0 saturated carbocycles. The Bertz CT molecular complexity index is 669. The average molecular weight is 338 g/mol. The van der Waals surface area contributed by atoms with Crippen molar-refractivity contribution >= 4 is 28.7 Å². The van der Waals surface area contributed by atoms with Crippen LogP contribution in [-0.2, 0) is 6.18 Å². The largest absolute Gasteiger partial charge is 0.416 e. The highest BCUT2D eigenvalue weighted by Crippen LogP contribution is 2.31. The molecular formula is C17H17F3N2S. The van der Waals surface area contributed by atoms with Crippen molar-refractivity contribution in [3.63, 3.8) is 0 Å². The predicted octanol–water partition coefficient (Wildman–Crippen LogP) is 5.32. The SMILES string of the molecule is CC(C)N(C(=S)Nc1cccc(C(F)(F)F)c1)c1ccccc1. The van der Waals surface area contributed by atoms with Gasteiger partial charge in [-0.05, 0) is 56.4 Å². The van der Waals surface area contributed by atoms with Crippen molar-refractivity contribution < 1.29 is 13.2 Å². The van der Waals surface area contributed by atoms with E-state index in [1.54, 1.807) is 6.07 Å². The van der Waals surface area contributed by atoms with Gasteiger partial charge >= 0.3 is 6.18 Å². The Morgan fingerprint density at radius 1 is 1.04 bits per heavy atom. The number of benzene rings is 2. The lowest BCUT2D eigenvalue weighted by atomic mass is 10.2. The van der Waals surface area contributed by atoms with E-state index in [-0.39, 0.29) is 6.04 Å². The molecule has 0 bridgehead atoms. The third kappa shape index (κ3) is 4.45. The second kappa shape index (κ2) is 7.00. The molecule has 0 radical (unpaired) electrons. The highest BCUT2D eigenvalue weighted by Gasteiger charge is 2.30. The van der Waals surface area contributed by atoms with Crippen LogP contribution in [0, 0.1) is 0 Å². The first-order valence-corrected chi connectivity index (χ1v) is 7.52. The van der Waals surface area contributed by atoms with Gasteiger partial charge in [-0.25, -0.2) is 0 Å². The summed E-state index contributed by atoms with van der Waals surface area (Å²) in [6, 6.07) is 14.5. The molecule has 2 aromatic carbocycles. The van der Waals surface area contributed by atoms with Gasteiger partial charge in [0, 0.05) is 17.4 Å². The Morgan fingerprint density at radius 2 is 1.70 bits per heavy atom. The van der Waals surface area contributed by atoms with Crippen molar-refractivity contribution in [3.05, 3.63) is 60.2 Å². The maximum atomic E-state index is 12.8. The van der Waals surface area contributed by atoms with E-state index in [4.69, 9.17) is 12.2 Å². The van der Waals surface area contributed by atoms with Gasteiger partial charge in [-0.3, -0.25) is 0 Å². The van der Waals surface area contributed by atoms with E-state index in [0.717, 1.165) is 17.8 Å². The molecule has 0 amide bonds. The summed E-state index contributed by atoms with van der Waals surface area (Å²) in [5.74, 6) is 0. The average Bonchev–Trinajstić information content (AvgIpc) is 2.47. The third-order valence-corrected chi connectivity index (χ3v) is 3.51. The Hall–Kier alpha value is -2.08. The van der Waals surface area contributed by atoms with Crippen LogP contribution < -0.4 is 10.2 Å². The lowest BCUT2D eigenvalue weighted by Gasteiger charge is -2.29. The molecule has 6 heteroatoms. The van der Waals surface area contributed by atoms with Gasteiger partial charge in [0.15, 0.2) is 5.11 Å². The second-order valence-corrected chi connectivity index (χ2v) is 5.69. The molecular weight excluding hydrogens is 321 g/mol. The minimum atomic E-state index is -4.38. The standard InChI is InChI=1S/C17H17F3N2S/c1-12(2)22(15-9-4-3-5-10-15)16(23)21-14-8-6-7-13(11-14)17(18,19)20/h3-12H,1-2H3,(H,21,23). The van der Waals surface area contributed by atoms with Gasteiger partial charge in [0.2, 0.25) is 0 Å². The van der Waals surface area contributed by atoms with Gasteiger partial charge in [0.25, 0.3) is 0 Å². The molecule has 2 nitrogen and oxygen atoms in total. The van der Waals surface area contributed by atoms with Crippen LogP contribution >= 0.6 is 12.2 Å². The van der Waals surface area contributed by atoms with Crippen LogP contribution in [0.4, 0.5) is 24.5 Å². The summed E-state index contributed by atoms with van der Waals surface area (Å²) in [5, 5.41) is 3.24. The first-order valence-electron chi connectivity index (χ1n) is 7.11.